The molecule has 1 aromatic carbocycles. The maximum atomic E-state index is 12.5. The van der Waals surface area contributed by atoms with Crippen LogP contribution >= 0.6 is 0 Å². The second kappa shape index (κ2) is 10.2. The van der Waals surface area contributed by atoms with Gasteiger partial charge in [0.25, 0.3) is 10.0 Å². The normalized spacial score (nSPS) is 15.4. The topological polar surface area (TPSA) is 132 Å². The number of nitrogens with one attached hydrogen (secondary N) is 1. The van der Waals surface area contributed by atoms with Crippen LogP contribution in [-0.2, 0) is 24.8 Å². The van der Waals surface area contributed by atoms with Crippen LogP contribution in [0.25, 0.3) is 22.2 Å². The first kappa shape index (κ1) is 25.8. The molecule has 3 heterocycles. The Hall–Kier alpha value is -3.82. The molecular formula is C26H26N7O3S2-. The number of rotatable bonds is 8. The molecule has 0 saturated heterocycles. The van der Waals surface area contributed by atoms with Crippen molar-refractivity contribution in [2.75, 3.05) is 11.6 Å². The maximum absolute atomic E-state index is 12.5. The van der Waals surface area contributed by atoms with Crippen molar-refractivity contribution in [2.45, 2.75) is 43.9 Å². The van der Waals surface area contributed by atoms with Crippen LogP contribution in [-0.4, -0.2) is 44.1 Å². The third-order valence-corrected chi connectivity index (χ3v) is 8.78. The second-order valence-electron chi connectivity index (χ2n) is 9.35. The number of benzene rings is 1. The summed E-state index contributed by atoms with van der Waals surface area (Å²) >= 11 is 0. The van der Waals surface area contributed by atoms with Crippen molar-refractivity contribution in [1.82, 2.24) is 24.1 Å². The van der Waals surface area contributed by atoms with Crippen LogP contribution < -0.4 is 5.32 Å². The number of pyridine rings is 1. The van der Waals surface area contributed by atoms with Crippen LogP contribution in [0.1, 0.15) is 49.8 Å². The van der Waals surface area contributed by atoms with Gasteiger partial charge >= 0.3 is 0 Å². The lowest BCUT2D eigenvalue weighted by Crippen LogP contribution is -2.17. The molecule has 10 nitrogen and oxygen atoms in total. The monoisotopic (exact) mass is 548 g/mol. The van der Waals surface area contributed by atoms with Gasteiger partial charge in [-0.3, -0.25) is 0 Å². The third kappa shape index (κ3) is 5.12. The Morgan fingerprint density at radius 2 is 1.89 bits per heavy atom. The molecule has 1 aliphatic carbocycles. The van der Waals surface area contributed by atoms with Gasteiger partial charge in [0.2, 0.25) is 0 Å². The average Bonchev–Trinajstić information content (AvgIpc) is 3.63. The van der Waals surface area contributed by atoms with Gasteiger partial charge in [-0.05, 0) is 47.4 Å². The van der Waals surface area contributed by atoms with E-state index >= 15 is 0 Å². The molecule has 0 amide bonds. The highest BCUT2D eigenvalue weighted by atomic mass is 32.2. The lowest BCUT2D eigenvalue weighted by Gasteiger charge is -2.18. The van der Waals surface area contributed by atoms with Gasteiger partial charge in [-0.25, -0.2) is 23.4 Å². The number of hydrogen-bond acceptors (Lipinski definition) is 10. The molecule has 3 aromatic heterocycles. The van der Waals surface area contributed by atoms with Crippen LogP contribution in [0.2, 0.25) is 0 Å². The minimum atomic E-state index is -3.47. The van der Waals surface area contributed by atoms with E-state index in [0.29, 0.717) is 35.9 Å². The quantitative estimate of drug-likeness (QED) is 0.251. The van der Waals surface area contributed by atoms with Gasteiger partial charge in [0, 0.05) is 17.8 Å². The maximum Gasteiger partial charge on any atom is 0.256 e. The summed E-state index contributed by atoms with van der Waals surface area (Å²) in [5, 5.41) is 8.66. The van der Waals surface area contributed by atoms with Crippen LogP contribution in [0.4, 0.5) is 11.6 Å². The van der Waals surface area contributed by atoms with Crippen molar-refractivity contribution in [3.05, 3.63) is 60.2 Å². The third-order valence-electron chi connectivity index (χ3n) is 6.23. The van der Waals surface area contributed by atoms with E-state index in [2.05, 4.69) is 49.5 Å². The molecule has 1 saturated carbocycles. The van der Waals surface area contributed by atoms with E-state index in [4.69, 9.17) is 6.42 Å². The fourth-order valence-corrected chi connectivity index (χ4v) is 6.14. The highest BCUT2D eigenvalue weighted by molar-refractivity contribution is 7.90. The predicted octanol–water partition coefficient (Wildman–Crippen LogP) is 4.55. The minimum Gasteiger partial charge on any atom is -0.445 e. The molecule has 5 rings (SSSR count). The van der Waals surface area contributed by atoms with Crippen molar-refractivity contribution in [1.29, 1.82) is 0 Å². The summed E-state index contributed by atoms with van der Waals surface area (Å²) in [5.41, 5.74) is 2.37. The van der Waals surface area contributed by atoms with Gasteiger partial charge < -0.3 is 13.9 Å². The highest BCUT2D eigenvalue weighted by Gasteiger charge is 2.37. The summed E-state index contributed by atoms with van der Waals surface area (Å²) < 4.78 is 41.9. The lowest BCUT2D eigenvalue weighted by molar-refractivity contribution is 0.578. The molecule has 1 atom stereocenters. The predicted molar refractivity (Wildman–Crippen MR) is 148 cm³/mol. The largest absolute Gasteiger partial charge is 0.445 e. The zero-order valence-electron chi connectivity index (χ0n) is 21.1. The standard InChI is InChI=1S/C26H26N7O3S2/c1-5-23(32-37(4)34)20-9-8-19(16(2)3)21-12-25(28-14-22(20)21)30-24-10-11-27-26(31-24)17-13-29-33(15-17)38(35,36)18-6-7-18/h1,8-16,18,23H,6-7H2,2-4H3,(H,27,28,30,31)/q-1. The number of nitrogens with zero attached hydrogens (tertiary/aromatic N) is 6. The van der Waals surface area contributed by atoms with E-state index in [1.54, 1.807) is 18.5 Å². The lowest BCUT2D eigenvalue weighted by atomic mass is 9.92. The summed E-state index contributed by atoms with van der Waals surface area (Å²) in [6, 6.07) is 6.91. The number of aromatic nitrogens is 5. The van der Waals surface area contributed by atoms with Crippen molar-refractivity contribution in [2.24, 2.45) is 4.36 Å². The van der Waals surface area contributed by atoms with Crippen molar-refractivity contribution in [3.8, 4) is 23.7 Å². The van der Waals surface area contributed by atoms with Gasteiger partial charge in [0.15, 0.2) is 5.82 Å². The van der Waals surface area contributed by atoms with Crippen LogP contribution in [0.3, 0.4) is 0 Å². The van der Waals surface area contributed by atoms with Crippen LogP contribution in [0.5, 0.6) is 0 Å². The zero-order valence-corrected chi connectivity index (χ0v) is 22.7. The van der Waals surface area contributed by atoms with Crippen molar-refractivity contribution < 1.29 is 12.6 Å². The molecule has 4 aromatic rings. The van der Waals surface area contributed by atoms with E-state index in [9.17, 15) is 12.6 Å². The van der Waals surface area contributed by atoms with E-state index < -0.39 is 26.7 Å². The summed E-state index contributed by atoms with van der Waals surface area (Å²) in [4.78, 5) is 13.4. The van der Waals surface area contributed by atoms with Gasteiger partial charge in [-0.15, -0.1) is 12.7 Å². The minimum absolute atomic E-state index is 0.234. The number of terminal acetylenes is 1. The molecule has 196 valence electrons. The summed E-state index contributed by atoms with van der Waals surface area (Å²) in [6.07, 6.45) is 14.7. The second-order valence-corrected chi connectivity index (χ2v) is 12.5. The van der Waals surface area contributed by atoms with Crippen molar-refractivity contribution >= 4 is 43.0 Å². The van der Waals surface area contributed by atoms with Gasteiger partial charge in [-0.2, -0.15) is 19.8 Å². The molecule has 1 unspecified atom stereocenters. The van der Waals surface area contributed by atoms with Crippen LogP contribution in [0.15, 0.2) is 53.4 Å². The molecule has 0 radical (unpaired) electrons. The Bertz CT molecular complexity index is 1760. The smallest absolute Gasteiger partial charge is 0.256 e. The fraction of sp³-hybridized carbons (Fsp3) is 0.308. The summed E-state index contributed by atoms with van der Waals surface area (Å²) in [5.74, 6) is 4.24. The van der Waals surface area contributed by atoms with Gasteiger partial charge in [0.05, 0.1) is 23.2 Å². The molecule has 38 heavy (non-hydrogen) atoms. The number of hydrogen-bond donors (Lipinski definition) is 1. The Balaban J connectivity index is 1.49. The molecular weight excluding hydrogens is 522 g/mol. The Labute approximate surface area is 223 Å². The van der Waals surface area contributed by atoms with E-state index in [-0.39, 0.29) is 11.2 Å². The Kier molecular flexibility index (Phi) is 6.90. The average molecular weight is 549 g/mol. The summed E-state index contributed by atoms with van der Waals surface area (Å²) in [7, 11) is -4.88. The van der Waals surface area contributed by atoms with Crippen LogP contribution in [0, 0.1) is 12.3 Å². The molecule has 0 bridgehead atoms. The van der Waals surface area contributed by atoms with E-state index in [1.807, 2.05) is 18.2 Å². The van der Waals surface area contributed by atoms with Crippen molar-refractivity contribution in [3.63, 3.8) is 0 Å². The van der Waals surface area contributed by atoms with E-state index in [0.717, 1.165) is 26.0 Å². The summed E-state index contributed by atoms with van der Waals surface area (Å²) in [6.45, 7) is 4.21. The zero-order chi connectivity index (χ0) is 27.0. The molecule has 1 N–H and O–H groups in total. The Morgan fingerprint density at radius 3 is 2.58 bits per heavy atom. The molecule has 1 fully saturated rings. The number of anilines is 2. The first-order valence-corrected chi connectivity index (χ1v) is 15.0. The van der Waals surface area contributed by atoms with Gasteiger partial charge in [0.1, 0.15) is 17.7 Å². The SMILES string of the molecule is C#CC(N=[S-](C)=O)c1ccc(C(C)C)c2cc(Nc3ccnc(-c4cnn(S(=O)(=O)C5CC5)c4)n3)ncc12. The van der Waals surface area contributed by atoms with Gasteiger partial charge in [-0.1, -0.05) is 31.9 Å². The number of fused-ring (bicyclic) bond motifs is 1. The first-order valence-electron chi connectivity index (χ1n) is 12.0. The Morgan fingerprint density at radius 1 is 1.13 bits per heavy atom. The highest BCUT2D eigenvalue weighted by Crippen LogP contribution is 2.34. The molecule has 1 aliphatic rings. The molecule has 12 heteroatoms. The first-order chi connectivity index (χ1) is 18.2. The van der Waals surface area contributed by atoms with E-state index in [1.165, 1.54) is 18.6 Å². The fourth-order valence-electron chi connectivity index (χ4n) is 4.20. The molecule has 0 aliphatic heterocycles. The molecule has 0 spiro atoms.